The average molecular weight is 315 g/mol. The van der Waals surface area contributed by atoms with Gasteiger partial charge in [0.2, 0.25) is 0 Å². The highest BCUT2D eigenvalue weighted by molar-refractivity contribution is 7.92. The number of aryl methyl sites for hydroxylation is 1. The van der Waals surface area contributed by atoms with Gasteiger partial charge in [-0.25, -0.2) is 12.8 Å². The molecule has 0 aliphatic carbocycles. The number of anilines is 2. The molecule has 0 unspecified atom stereocenters. The monoisotopic (exact) mass is 314 g/mol. The molecule has 0 radical (unpaired) electrons. The summed E-state index contributed by atoms with van der Waals surface area (Å²) in [6, 6.07) is 7.88. The fraction of sp³-hybridized carbons (Fsp3) is 0.0769. The summed E-state index contributed by atoms with van der Waals surface area (Å²) in [7, 11) is -3.85. The largest absolute Gasteiger partial charge is 0.398 e. The molecule has 3 N–H and O–H groups in total. The maximum Gasteiger partial charge on any atom is 0.263 e. The molecule has 0 spiro atoms. The molecule has 0 saturated carbocycles. The molecule has 0 aromatic heterocycles. The number of nitrogen functional groups attached to an aromatic ring is 1. The number of nitrogens with two attached hydrogens (primary N) is 1. The highest BCUT2D eigenvalue weighted by Gasteiger charge is 2.18. The lowest BCUT2D eigenvalue weighted by Crippen LogP contribution is -2.15. The van der Waals surface area contributed by atoms with Gasteiger partial charge in [0.05, 0.1) is 11.4 Å². The molecule has 7 heteroatoms. The number of rotatable bonds is 3. The molecule has 2 aromatic carbocycles. The summed E-state index contributed by atoms with van der Waals surface area (Å²) in [5, 5.41) is 0.347. The van der Waals surface area contributed by atoms with E-state index in [-0.39, 0.29) is 10.6 Å². The zero-order valence-corrected chi connectivity index (χ0v) is 12.1. The van der Waals surface area contributed by atoms with Gasteiger partial charge in [0.25, 0.3) is 10.0 Å². The Bertz CT molecular complexity index is 763. The molecule has 0 amide bonds. The van der Waals surface area contributed by atoms with E-state index >= 15 is 0 Å². The fourth-order valence-electron chi connectivity index (χ4n) is 1.71. The quantitative estimate of drug-likeness (QED) is 0.855. The van der Waals surface area contributed by atoms with Crippen molar-refractivity contribution in [2.24, 2.45) is 0 Å². The van der Waals surface area contributed by atoms with Crippen molar-refractivity contribution in [1.29, 1.82) is 0 Å². The van der Waals surface area contributed by atoms with E-state index in [0.717, 1.165) is 0 Å². The van der Waals surface area contributed by atoms with Crippen molar-refractivity contribution in [2.75, 3.05) is 10.5 Å². The summed E-state index contributed by atoms with van der Waals surface area (Å²) in [5.41, 5.74) is 6.47. The first-order chi connectivity index (χ1) is 9.29. The number of hydrogen-bond donors (Lipinski definition) is 2. The van der Waals surface area contributed by atoms with Gasteiger partial charge in [0, 0.05) is 5.02 Å². The van der Waals surface area contributed by atoms with Crippen molar-refractivity contribution >= 4 is 33.0 Å². The second-order valence-electron chi connectivity index (χ2n) is 4.25. The lowest BCUT2D eigenvalue weighted by atomic mass is 10.2. The number of hydrogen-bond acceptors (Lipinski definition) is 3. The molecule has 2 rings (SSSR count). The van der Waals surface area contributed by atoms with Gasteiger partial charge in [-0.05, 0) is 48.9 Å². The van der Waals surface area contributed by atoms with Crippen LogP contribution in [-0.2, 0) is 10.0 Å². The maximum atomic E-state index is 13.0. The van der Waals surface area contributed by atoms with Gasteiger partial charge in [0.15, 0.2) is 0 Å². The molecule has 0 saturated heterocycles. The SMILES string of the molecule is Cc1cc(F)ccc1NS(=O)(=O)c1ccc(Cl)cc1N. The highest BCUT2D eigenvalue weighted by atomic mass is 35.5. The van der Waals surface area contributed by atoms with Crippen molar-refractivity contribution in [1.82, 2.24) is 0 Å². The molecule has 2 aromatic rings. The number of benzene rings is 2. The van der Waals surface area contributed by atoms with Crippen molar-refractivity contribution in [3.8, 4) is 0 Å². The molecule has 0 aliphatic rings. The molecular formula is C13H12ClFN2O2S. The summed E-state index contributed by atoms with van der Waals surface area (Å²) in [6.45, 7) is 1.60. The summed E-state index contributed by atoms with van der Waals surface area (Å²) < 4.78 is 39.9. The van der Waals surface area contributed by atoms with E-state index in [1.165, 1.54) is 36.4 Å². The number of nitrogens with one attached hydrogen (secondary N) is 1. The van der Waals surface area contributed by atoms with E-state index in [4.69, 9.17) is 17.3 Å². The van der Waals surface area contributed by atoms with E-state index in [9.17, 15) is 12.8 Å². The highest BCUT2D eigenvalue weighted by Crippen LogP contribution is 2.26. The molecule has 0 aliphatic heterocycles. The zero-order chi connectivity index (χ0) is 14.9. The minimum atomic E-state index is -3.85. The first-order valence-corrected chi connectivity index (χ1v) is 7.50. The van der Waals surface area contributed by atoms with Crippen LogP contribution in [0.3, 0.4) is 0 Å². The van der Waals surface area contributed by atoms with Crippen molar-refractivity contribution in [3.05, 3.63) is 52.8 Å². The van der Waals surface area contributed by atoms with Crippen LogP contribution in [0.5, 0.6) is 0 Å². The molecule has 0 heterocycles. The lowest BCUT2D eigenvalue weighted by Gasteiger charge is -2.12. The smallest absolute Gasteiger partial charge is 0.263 e. The van der Waals surface area contributed by atoms with Gasteiger partial charge in [-0.1, -0.05) is 11.6 Å². The van der Waals surface area contributed by atoms with Crippen LogP contribution in [-0.4, -0.2) is 8.42 Å². The van der Waals surface area contributed by atoms with E-state index in [1.807, 2.05) is 0 Å². The van der Waals surface area contributed by atoms with Crippen LogP contribution in [0.1, 0.15) is 5.56 Å². The third-order valence-electron chi connectivity index (χ3n) is 2.69. The summed E-state index contributed by atoms with van der Waals surface area (Å²) in [5.74, 6) is -0.434. The van der Waals surface area contributed by atoms with E-state index < -0.39 is 15.8 Å². The van der Waals surface area contributed by atoms with E-state index in [1.54, 1.807) is 6.92 Å². The Labute approximate surface area is 121 Å². The van der Waals surface area contributed by atoms with E-state index in [0.29, 0.717) is 16.3 Å². The molecular weight excluding hydrogens is 303 g/mol. The second kappa shape index (κ2) is 5.30. The van der Waals surface area contributed by atoms with Gasteiger partial charge in [-0.2, -0.15) is 0 Å². The van der Waals surface area contributed by atoms with Crippen LogP contribution in [0, 0.1) is 12.7 Å². The third-order valence-corrected chi connectivity index (χ3v) is 4.37. The zero-order valence-electron chi connectivity index (χ0n) is 10.5. The van der Waals surface area contributed by atoms with Gasteiger partial charge >= 0.3 is 0 Å². The van der Waals surface area contributed by atoms with Gasteiger partial charge < -0.3 is 5.73 Å². The minimum Gasteiger partial charge on any atom is -0.398 e. The summed E-state index contributed by atoms with van der Waals surface area (Å²) in [6.07, 6.45) is 0. The van der Waals surface area contributed by atoms with Crippen LogP contribution < -0.4 is 10.5 Å². The van der Waals surface area contributed by atoms with Crippen LogP contribution in [0.25, 0.3) is 0 Å². The fourth-order valence-corrected chi connectivity index (χ4v) is 3.13. The summed E-state index contributed by atoms with van der Waals surface area (Å²) in [4.78, 5) is -0.0781. The number of sulfonamides is 1. The third kappa shape index (κ3) is 3.02. The van der Waals surface area contributed by atoms with Crippen LogP contribution in [0.2, 0.25) is 5.02 Å². The minimum absolute atomic E-state index is 0.0461. The van der Waals surface area contributed by atoms with E-state index in [2.05, 4.69) is 4.72 Å². The van der Waals surface area contributed by atoms with Crippen molar-refractivity contribution in [3.63, 3.8) is 0 Å². The Morgan fingerprint density at radius 1 is 1.20 bits per heavy atom. The van der Waals surface area contributed by atoms with Crippen LogP contribution in [0.4, 0.5) is 15.8 Å². The Balaban J connectivity index is 2.41. The Morgan fingerprint density at radius 2 is 1.90 bits per heavy atom. The Morgan fingerprint density at radius 3 is 2.50 bits per heavy atom. The molecule has 0 fully saturated rings. The van der Waals surface area contributed by atoms with Crippen molar-refractivity contribution < 1.29 is 12.8 Å². The predicted molar refractivity (Wildman–Crippen MR) is 77.8 cm³/mol. The summed E-state index contributed by atoms with van der Waals surface area (Å²) >= 11 is 5.73. The van der Waals surface area contributed by atoms with Gasteiger partial charge in [-0.3, -0.25) is 4.72 Å². The topological polar surface area (TPSA) is 72.2 Å². The molecule has 20 heavy (non-hydrogen) atoms. The van der Waals surface area contributed by atoms with Crippen molar-refractivity contribution in [2.45, 2.75) is 11.8 Å². The molecule has 0 atom stereocenters. The van der Waals surface area contributed by atoms with Gasteiger partial charge in [-0.15, -0.1) is 0 Å². The Hall–Kier alpha value is -1.79. The second-order valence-corrected chi connectivity index (χ2v) is 6.33. The molecule has 0 bridgehead atoms. The molecule has 4 nitrogen and oxygen atoms in total. The van der Waals surface area contributed by atoms with Crippen LogP contribution in [0.15, 0.2) is 41.3 Å². The van der Waals surface area contributed by atoms with Gasteiger partial charge in [0.1, 0.15) is 10.7 Å². The number of halogens is 2. The standard InChI is InChI=1S/C13H12ClFN2O2S/c1-8-6-10(15)3-4-12(8)17-20(18,19)13-5-2-9(14)7-11(13)16/h2-7,17H,16H2,1H3. The molecule has 106 valence electrons. The van der Waals surface area contributed by atoms with Crippen LogP contribution >= 0.6 is 11.6 Å². The average Bonchev–Trinajstić information content (AvgIpc) is 2.32. The normalized spacial score (nSPS) is 11.3. The Kier molecular flexibility index (Phi) is 3.87. The first kappa shape index (κ1) is 14.6. The maximum absolute atomic E-state index is 13.0. The predicted octanol–water partition coefficient (Wildman–Crippen LogP) is 3.17. The lowest BCUT2D eigenvalue weighted by molar-refractivity contribution is 0.601. The first-order valence-electron chi connectivity index (χ1n) is 5.63.